The number of nitrogens with one attached hydrogen (secondary N) is 1. The van der Waals surface area contributed by atoms with E-state index in [4.69, 9.17) is 4.74 Å². The molecule has 1 aliphatic rings. The molecule has 1 N–H and O–H groups in total. The molecule has 2 aromatic carbocycles. The molecular formula is C24H25N3O3. The van der Waals surface area contributed by atoms with Crippen molar-refractivity contribution in [2.75, 3.05) is 34.3 Å². The van der Waals surface area contributed by atoms with Crippen LogP contribution in [-0.4, -0.2) is 61.4 Å². The normalized spacial score (nSPS) is 13.8. The maximum absolute atomic E-state index is 12.6. The second-order valence-corrected chi connectivity index (χ2v) is 7.66. The van der Waals surface area contributed by atoms with Gasteiger partial charge in [-0.15, -0.1) is 0 Å². The van der Waals surface area contributed by atoms with Crippen LogP contribution in [0.4, 0.5) is 0 Å². The first kappa shape index (κ1) is 19.8. The fraction of sp³-hybridized carbons (Fsp3) is 0.250. The first-order valence-electron chi connectivity index (χ1n) is 9.92. The number of amides is 2. The standard InChI is InChI=1S/C24H25N3O3/c1-26(2)24(29)22-13-20-19(18-8-4-5-9-23(18)30-3)11-17(12-21(20)25-22)16-7-6-10-27(14-16)15-28/h4-5,7-9,11-13,15,25H,6,10,14H2,1-3H3. The number of H-pyrrole nitrogens is 1. The van der Waals surface area contributed by atoms with E-state index in [1.807, 2.05) is 30.3 Å². The van der Waals surface area contributed by atoms with Crippen LogP contribution in [0.25, 0.3) is 27.6 Å². The number of aromatic nitrogens is 1. The predicted molar refractivity (Wildman–Crippen MR) is 119 cm³/mol. The zero-order chi connectivity index (χ0) is 21.3. The molecule has 2 amide bonds. The highest BCUT2D eigenvalue weighted by Gasteiger charge is 2.19. The molecule has 1 aliphatic heterocycles. The van der Waals surface area contributed by atoms with Gasteiger partial charge >= 0.3 is 0 Å². The lowest BCUT2D eigenvalue weighted by Crippen LogP contribution is -2.27. The van der Waals surface area contributed by atoms with Crippen molar-refractivity contribution < 1.29 is 14.3 Å². The fourth-order valence-corrected chi connectivity index (χ4v) is 3.94. The molecule has 6 nitrogen and oxygen atoms in total. The van der Waals surface area contributed by atoms with Gasteiger partial charge < -0.3 is 19.5 Å². The number of carbonyl (C=O) groups is 2. The Balaban J connectivity index is 1.94. The van der Waals surface area contributed by atoms with Crippen molar-refractivity contribution >= 4 is 28.8 Å². The number of rotatable bonds is 5. The van der Waals surface area contributed by atoms with Crippen molar-refractivity contribution in [2.24, 2.45) is 0 Å². The minimum absolute atomic E-state index is 0.0808. The molecule has 0 unspecified atom stereocenters. The summed E-state index contributed by atoms with van der Waals surface area (Å²) in [5, 5.41) is 0.956. The number of ether oxygens (including phenoxy) is 1. The van der Waals surface area contributed by atoms with Crippen LogP contribution in [0, 0.1) is 0 Å². The first-order chi connectivity index (χ1) is 14.5. The summed E-state index contributed by atoms with van der Waals surface area (Å²) in [5.41, 5.74) is 5.48. The Morgan fingerprint density at radius 2 is 1.97 bits per heavy atom. The molecule has 0 radical (unpaired) electrons. The fourth-order valence-electron chi connectivity index (χ4n) is 3.94. The Kier molecular flexibility index (Phi) is 5.31. The van der Waals surface area contributed by atoms with Gasteiger partial charge in [0.2, 0.25) is 6.41 Å². The monoisotopic (exact) mass is 403 g/mol. The van der Waals surface area contributed by atoms with E-state index in [9.17, 15) is 9.59 Å². The number of hydrogen-bond donors (Lipinski definition) is 1. The first-order valence-corrected chi connectivity index (χ1v) is 9.92. The van der Waals surface area contributed by atoms with E-state index in [1.54, 1.807) is 31.0 Å². The lowest BCUT2D eigenvalue weighted by atomic mass is 9.93. The number of fused-ring (bicyclic) bond motifs is 1. The maximum atomic E-state index is 12.6. The van der Waals surface area contributed by atoms with E-state index < -0.39 is 0 Å². The number of benzene rings is 2. The Labute approximate surface area is 175 Å². The molecule has 4 rings (SSSR count). The molecule has 1 aromatic heterocycles. The van der Waals surface area contributed by atoms with Crippen molar-refractivity contribution in [1.29, 1.82) is 0 Å². The Morgan fingerprint density at radius 1 is 1.17 bits per heavy atom. The minimum atomic E-state index is -0.0808. The van der Waals surface area contributed by atoms with Crippen LogP contribution in [0.15, 0.2) is 48.5 Å². The number of carbonyl (C=O) groups excluding carboxylic acids is 2. The second-order valence-electron chi connectivity index (χ2n) is 7.66. The predicted octanol–water partition coefficient (Wildman–Crippen LogP) is 3.79. The van der Waals surface area contributed by atoms with Gasteiger partial charge in [0.15, 0.2) is 0 Å². The van der Waals surface area contributed by atoms with Gasteiger partial charge in [0.1, 0.15) is 11.4 Å². The summed E-state index contributed by atoms with van der Waals surface area (Å²) < 4.78 is 5.61. The number of para-hydroxylation sites is 1. The van der Waals surface area contributed by atoms with Crippen LogP contribution in [0.3, 0.4) is 0 Å². The summed E-state index contributed by atoms with van der Waals surface area (Å²) in [4.78, 5) is 30.5. The Hall–Kier alpha value is -3.54. The third-order valence-electron chi connectivity index (χ3n) is 5.47. The van der Waals surface area contributed by atoms with Crippen LogP contribution < -0.4 is 4.74 Å². The summed E-state index contributed by atoms with van der Waals surface area (Å²) >= 11 is 0. The summed E-state index contributed by atoms with van der Waals surface area (Å²) in [6.07, 6.45) is 3.91. The quantitative estimate of drug-likeness (QED) is 0.659. The smallest absolute Gasteiger partial charge is 0.269 e. The van der Waals surface area contributed by atoms with Gasteiger partial charge in [0.25, 0.3) is 5.91 Å². The van der Waals surface area contributed by atoms with Gasteiger partial charge in [0, 0.05) is 43.7 Å². The van der Waals surface area contributed by atoms with Gasteiger partial charge in [-0.1, -0.05) is 24.3 Å². The van der Waals surface area contributed by atoms with E-state index in [2.05, 4.69) is 23.2 Å². The largest absolute Gasteiger partial charge is 0.496 e. The lowest BCUT2D eigenvalue weighted by Gasteiger charge is -2.24. The van der Waals surface area contributed by atoms with Crippen molar-refractivity contribution in [1.82, 2.24) is 14.8 Å². The van der Waals surface area contributed by atoms with Crippen LogP contribution in [0.2, 0.25) is 0 Å². The topological polar surface area (TPSA) is 65.6 Å². The average Bonchev–Trinajstić information content (AvgIpc) is 3.22. The van der Waals surface area contributed by atoms with E-state index in [0.29, 0.717) is 12.2 Å². The van der Waals surface area contributed by atoms with E-state index >= 15 is 0 Å². The van der Waals surface area contributed by atoms with Crippen LogP contribution in [0.5, 0.6) is 5.75 Å². The highest BCUT2D eigenvalue weighted by molar-refractivity contribution is 6.04. The maximum Gasteiger partial charge on any atom is 0.269 e. The number of hydrogen-bond acceptors (Lipinski definition) is 3. The Morgan fingerprint density at radius 3 is 2.70 bits per heavy atom. The van der Waals surface area contributed by atoms with Crippen molar-refractivity contribution in [3.8, 4) is 16.9 Å². The van der Waals surface area contributed by atoms with E-state index in [0.717, 1.165) is 58.3 Å². The lowest BCUT2D eigenvalue weighted by molar-refractivity contribution is -0.117. The van der Waals surface area contributed by atoms with Crippen molar-refractivity contribution in [3.05, 3.63) is 59.8 Å². The van der Waals surface area contributed by atoms with Crippen molar-refractivity contribution in [2.45, 2.75) is 6.42 Å². The zero-order valence-corrected chi connectivity index (χ0v) is 17.4. The van der Waals surface area contributed by atoms with E-state index in [1.165, 1.54) is 0 Å². The van der Waals surface area contributed by atoms with Gasteiger partial charge in [-0.2, -0.15) is 0 Å². The van der Waals surface area contributed by atoms with Gasteiger partial charge in [0.05, 0.1) is 7.11 Å². The van der Waals surface area contributed by atoms with Crippen LogP contribution in [0.1, 0.15) is 22.5 Å². The summed E-state index contributed by atoms with van der Waals surface area (Å²) in [7, 11) is 5.13. The SMILES string of the molecule is COc1ccccc1-c1cc(C2=CCCN(C=O)C2)cc2[nH]c(C(=O)N(C)C)cc12. The Bertz CT molecular complexity index is 1140. The zero-order valence-electron chi connectivity index (χ0n) is 17.4. The molecule has 0 aliphatic carbocycles. The number of nitrogens with zero attached hydrogens (tertiary/aromatic N) is 2. The van der Waals surface area contributed by atoms with Gasteiger partial charge in [-0.05, 0) is 47.4 Å². The third-order valence-corrected chi connectivity index (χ3v) is 5.47. The molecule has 2 heterocycles. The van der Waals surface area contributed by atoms with Gasteiger partial charge in [-0.3, -0.25) is 9.59 Å². The molecule has 6 heteroatoms. The van der Waals surface area contributed by atoms with Crippen LogP contribution >= 0.6 is 0 Å². The third kappa shape index (κ3) is 3.56. The molecule has 154 valence electrons. The molecule has 0 saturated heterocycles. The molecular weight excluding hydrogens is 378 g/mol. The highest BCUT2D eigenvalue weighted by Crippen LogP contribution is 2.38. The molecule has 3 aromatic rings. The molecule has 30 heavy (non-hydrogen) atoms. The van der Waals surface area contributed by atoms with E-state index in [-0.39, 0.29) is 5.91 Å². The molecule has 0 fully saturated rings. The highest BCUT2D eigenvalue weighted by atomic mass is 16.5. The summed E-state index contributed by atoms with van der Waals surface area (Å²) in [6, 6.07) is 13.9. The second kappa shape index (κ2) is 8.06. The van der Waals surface area contributed by atoms with Crippen molar-refractivity contribution in [3.63, 3.8) is 0 Å². The van der Waals surface area contributed by atoms with Crippen LogP contribution in [-0.2, 0) is 4.79 Å². The molecule has 0 saturated carbocycles. The molecule has 0 bridgehead atoms. The summed E-state index contributed by atoms with van der Waals surface area (Å²) in [6.45, 7) is 1.31. The number of methoxy groups -OCH3 is 1. The summed E-state index contributed by atoms with van der Waals surface area (Å²) in [5.74, 6) is 0.688. The average molecular weight is 403 g/mol. The number of aromatic amines is 1. The molecule has 0 spiro atoms. The molecule has 0 atom stereocenters. The van der Waals surface area contributed by atoms with Gasteiger partial charge in [-0.25, -0.2) is 0 Å². The minimum Gasteiger partial charge on any atom is -0.496 e.